The molecule has 1 saturated heterocycles. The molecule has 0 aromatic carbocycles. The van der Waals surface area contributed by atoms with Crippen LogP contribution in [0.5, 0.6) is 0 Å². The Kier molecular flexibility index (Phi) is 3.17. The molecule has 0 aliphatic carbocycles. The molecule has 2 heterocycles. The van der Waals surface area contributed by atoms with E-state index in [0.29, 0.717) is 0 Å². The maximum Gasteiger partial charge on any atom is 0.148 e. The first-order valence-electron chi connectivity index (χ1n) is 4.67. The average molecular weight is 304 g/mol. The molecule has 0 atom stereocenters. The number of hydrogen-bond donors (Lipinski definition) is 0. The molecule has 4 nitrogen and oxygen atoms in total. The van der Waals surface area contributed by atoms with Crippen molar-refractivity contribution in [2.75, 3.05) is 38.1 Å². The predicted molar refractivity (Wildman–Crippen MR) is 64.5 cm³/mol. The summed E-state index contributed by atoms with van der Waals surface area (Å²) in [4.78, 5) is 13.2. The lowest BCUT2D eigenvalue weighted by Gasteiger charge is -2.32. The number of aromatic nitrogens is 2. The van der Waals surface area contributed by atoms with Crippen LogP contribution in [-0.2, 0) is 0 Å². The topological polar surface area (TPSA) is 32.3 Å². The second-order valence-electron chi connectivity index (χ2n) is 3.49. The first kappa shape index (κ1) is 10.1. The molecule has 76 valence electrons. The van der Waals surface area contributed by atoms with Gasteiger partial charge in [-0.25, -0.2) is 4.98 Å². The highest BCUT2D eigenvalue weighted by atomic mass is 127. The summed E-state index contributed by atoms with van der Waals surface area (Å²) in [5.41, 5.74) is 0. The van der Waals surface area contributed by atoms with Gasteiger partial charge in [0.2, 0.25) is 0 Å². The van der Waals surface area contributed by atoms with E-state index in [2.05, 4.69) is 49.4 Å². The lowest BCUT2D eigenvalue weighted by atomic mass is 10.3. The zero-order chi connectivity index (χ0) is 9.97. The first-order valence-corrected chi connectivity index (χ1v) is 5.74. The fourth-order valence-electron chi connectivity index (χ4n) is 1.52. The lowest BCUT2D eigenvalue weighted by molar-refractivity contribution is 0.312. The van der Waals surface area contributed by atoms with Crippen LogP contribution in [-0.4, -0.2) is 48.1 Å². The van der Waals surface area contributed by atoms with Crippen molar-refractivity contribution >= 4 is 28.4 Å². The van der Waals surface area contributed by atoms with Crippen molar-refractivity contribution in [2.24, 2.45) is 0 Å². The fourth-order valence-corrected chi connectivity index (χ4v) is 1.93. The quantitative estimate of drug-likeness (QED) is 0.720. The molecule has 1 aromatic rings. The Morgan fingerprint density at radius 2 is 1.93 bits per heavy atom. The maximum absolute atomic E-state index is 4.45. The number of piperazine rings is 1. The number of nitrogens with zero attached hydrogens (tertiary/aromatic N) is 4. The van der Waals surface area contributed by atoms with E-state index in [9.17, 15) is 0 Å². The van der Waals surface area contributed by atoms with Crippen molar-refractivity contribution in [2.45, 2.75) is 0 Å². The Bertz CT molecular complexity index is 309. The summed E-state index contributed by atoms with van der Waals surface area (Å²) in [5, 5.41) is 0. The Labute approximate surface area is 97.5 Å². The number of rotatable bonds is 1. The molecule has 5 heteroatoms. The highest BCUT2D eigenvalue weighted by molar-refractivity contribution is 14.1. The smallest absolute Gasteiger partial charge is 0.148 e. The molecule has 2 rings (SSSR count). The SMILES string of the molecule is CN1CCN(c2cncc(I)n2)CC1. The molecule has 1 fully saturated rings. The highest BCUT2D eigenvalue weighted by Gasteiger charge is 2.15. The number of anilines is 1. The fraction of sp³-hybridized carbons (Fsp3) is 0.556. The summed E-state index contributed by atoms with van der Waals surface area (Å²) < 4.78 is 0.957. The predicted octanol–water partition coefficient (Wildman–Crippen LogP) is 0.833. The zero-order valence-electron chi connectivity index (χ0n) is 8.15. The minimum atomic E-state index is 0.957. The Morgan fingerprint density at radius 3 is 2.57 bits per heavy atom. The Hall–Kier alpha value is -0.430. The third-order valence-corrected chi connectivity index (χ3v) is 2.94. The van der Waals surface area contributed by atoms with Crippen LogP contribution in [0, 0.1) is 3.70 Å². The van der Waals surface area contributed by atoms with E-state index in [4.69, 9.17) is 0 Å². The van der Waals surface area contributed by atoms with Gasteiger partial charge < -0.3 is 9.80 Å². The van der Waals surface area contributed by atoms with Crippen molar-refractivity contribution in [3.63, 3.8) is 0 Å². The molecule has 1 aliphatic rings. The van der Waals surface area contributed by atoms with Gasteiger partial charge in [-0.1, -0.05) is 0 Å². The Balaban J connectivity index is 2.08. The largest absolute Gasteiger partial charge is 0.353 e. The van der Waals surface area contributed by atoms with Gasteiger partial charge in [0.25, 0.3) is 0 Å². The van der Waals surface area contributed by atoms with E-state index in [1.807, 2.05) is 6.20 Å². The average Bonchev–Trinajstić information content (AvgIpc) is 2.19. The van der Waals surface area contributed by atoms with Crippen LogP contribution in [0.15, 0.2) is 12.4 Å². The van der Waals surface area contributed by atoms with Crippen molar-refractivity contribution < 1.29 is 0 Å². The van der Waals surface area contributed by atoms with Gasteiger partial charge >= 0.3 is 0 Å². The summed E-state index contributed by atoms with van der Waals surface area (Å²) >= 11 is 2.19. The van der Waals surface area contributed by atoms with Crippen molar-refractivity contribution in [3.8, 4) is 0 Å². The molecule has 0 unspecified atom stereocenters. The van der Waals surface area contributed by atoms with Gasteiger partial charge in [0, 0.05) is 26.2 Å². The van der Waals surface area contributed by atoms with Crippen molar-refractivity contribution in [1.29, 1.82) is 0 Å². The molecular formula is C9H13IN4. The number of halogens is 1. The molecular weight excluding hydrogens is 291 g/mol. The molecule has 0 radical (unpaired) electrons. The second-order valence-corrected chi connectivity index (χ2v) is 4.60. The van der Waals surface area contributed by atoms with E-state index in [1.54, 1.807) is 6.20 Å². The molecule has 1 aromatic heterocycles. The molecule has 0 saturated carbocycles. The third-order valence-electron chi connectivity index (χ3n) is 2.42. The van der Waals surface area contributed by atoms with Crippen molar-refractivity contribution in [1.82, 2.24) is 14.9 Å². The van der Waals surface area contributed by atoms with E-state index in [1.165, 1.54) is 0 Å². The second kappa shape index (κ2) is 4.39. The van der Waals surface area contributed by atoms with Crippen LogP contribution in [0.2, 0.25) is 0 Å². The van der Waals surface area contributed by atoms with Crippen LogP contribution in [0.3, 0.4) is 0 Å². The van der Waals surface area contributed by atoms with Crippen molar-refractivity contribution in [3.05, 3.63) is 16.1 Å². The van der Waals surface area contributed by atoms with Gasteiger partial charge in [-0.05, 0) is 29.6 Å². The standard InChI is InChI=1S/C9H13IN4/c1-13-2-4-14(5-3-13)9-7-11-6-8(10)12-9/h6-7H,2-5H2,1H3. The van der Waals surface area contributed by atoms with E-state index in [0.717, 1.165) is 35.7 Å². The monoisotopic (exact) mass is 304 g/mol. The lowest BCUT2D eigenvalue weighted by Crippen LogP contribution is -2.44. The Morgan fingerprint density at radius 1 is 1.21 bits per heavy atom. The number of hydrogen-bond acceptors (Lipinski definition) is 4. The number of likely N-dealkylation sites (N-methyl/N-ethyl adjacent to an activating group) is 1. The highest BCUT2D eigenvalue weighted by Crippen LogP contribution is 2.12. The minimum absolute atomic E-state index is 0.957. The van der Waals surface area contributed by atoms with Gasteiger partial charge in [-0.3, -0.25) is 4.98 Å². The van der Waals surface area contributed by atoms with Gasteiger partial charge in [-0.2, -0.15) is 0 Å². The molecule has 0 bridgehead atoms. The zero-order valence-corrected chi connectivity index (χ0v) is 10.3. The van der Waals surface area contributed by atoms with Crippen LogP contribution >= 0.6 is 22.6 Å². The van der Waals surface area contributed by atoms with Crippen LogP contribution in [0.1, 0.15) is 0 Å². The molecule has 0 spiro atoms. The first-order chi connectivity index (χ1) is 6.75. The van der Waals surface area contributed by atoms with Gasteiger partial charge in [0.1, 0.15) is 9.52 Å². The van der Waals surface area contributed by atoms with Gasteiger partial charge in [-0.15, -0.1) is 0 Å². The molecule has 1 aliphatic heterocycles. The molecule has 14 heavy (non-hydrogen) atoms. The molecule has 0 N–H and O–H groups in total. The van der Waals surface area contributed by atoms with Crippen LogP contribution in [0.4, 0.5) is 5.82 Å². The van der Waals surface area contributed by atoms with Crippen LogP contribution < -0.4 is 4.90 Å². The summed E-state index contributed by atoms with van der Waals surface area (Å²) in [6.07, 6.45) is 3.62. The van der Waals surface area contributed by atoms with Gasteiger partial charge in [0.05, 0.1) is 12.4 Å². The van der Waals surface area contributed by atoms with Crippen LogP contribution in [0.25, 0.3) is 0 Å². The third kappa shape index (κ3) is 2.33. The van der Waals surface area contributed by atoms with E-state index in [-0.39, 0.29) is 0 Å². The maximum atomic E-state index is 4.45. The summed E-state index contributed by atoms with van der Waals surface area (Å²) in [5.74, 6) is 1.00. The summed E-state index contributed by atoms with van der Waals surface area (Å²) in [6.45, 7) is 4.30. The van der Waals surface area contributed by atoms with E-state index >= 15 is 0 Å². The van der Waals surface area contributed by atoms with Gasteiger partial charge in [0.15, 0.2) is 0 Å². The summed E-state index contributed by atoms with van der Waals surface area (Å²) in [7, 11) is 2.15. The summed E-state index contributed by atoms with van der Waals surface area (Å²) in [6, 6.07) is 0. The van der Waals surface area contributed by atoms with E-state index < -0.39 is 0 Å². The minimum Gasteiger partial charge on any atom is -0.353 e. The normalized spacial score (nSPS) is 18.6. The molecule has 0 amide bonds.